The standard InChI is InChI=1S/C20H24N6OS/c1-15-13-17(14-21-23-15)19-22-20(28-24-19)26-11-9-25(10-12-26)8-7-16-3-5-18(27-2)6-4-16/h3-6,13-14H,7-12H2,1-2H3. The number of hydrogen-bond acceptors (Lipinski definition) is 8. The zero-order valence-electron chi connectivity index (χ0n) is 16.2. The first-order chi connectivity index (χ1) is 13.7. The SMILES string of the molecule is COc1ccc(CCN2CCN(c3nc(-c4cnnc(C)c4)ns3)CC2)cc1. The molecular formula is C20H24N6OS. The molecule has 7 nitrogen and oxygen atoms in total. The summed E-state index contributed by atoms with van der Waals surface area (Å²) in [5, 5.41) is 8.97. The van der Waals surface area contributed by atoms with Gasteiger partial charge >= 0.3 is 0 Å². The van der Waals surface area contributed by atoms with Gasteiger partial charge in [-0.25, -0.2) is 0 Å². The number of rotatable bonds is 6. The zero-order chi connectivity index (χ0) is 19.3. The highest BCUT2D eigenvalue weighted by atomic mass is 32.1. The summed E-state index contributed by atoms with van der Waals surface area (Å²) in [6, 6.07) is 10.3. The summed E-state index contributed by atoms with van der Waals surface area (Å²) < 4.78 is 9.73. The first-order valence-corrected chi connectivity index (χ1v) is 10.2. The van der Waals surface area contributed by atoms with E-state index < -0.39 is 0 Å². The van der Waals surface area contributed by atoms with Gasteiger partial charge in [-0.3, -0.25) is 4.90 Å². The van der Waals surface area contributed by atoms with E-state index in [1.54, 1.807) is 13.3 Å². The fourth-order valence-electron chi connectivity index (χ4n) is 3.30. The van der Waals surface area contributed by atoms with Crippen LogP contribution >= 0.6 is 11.5 Å². The van der Waals surface area contributed by atoms with Crippen molar-refractivity contribution in [2.24, 2.45) is 0 Å². The Morgan fingerprint density at radius 3 is 2.61 bits per heavy atom. The maximum absolute atomic E-state index is 5.22. The van der Waals surface area contributed by atoms with E-state index in [2.05, 4.69) is 36.5 Å². The van der Waals surface area contributed by atoms with Crippen molar-refractivity contribution >= 4 is 16.7 Å². The first kappa shape index (κ1) is 18.8. The van der Waals surface area contributed by atoms with Crippen LogP contribution in [0.3, 0.4) is 0 Å². The number of piperazine rings is 1. The van der Waals surface area contributed by atoms with Crippen molar-refractivity contribution in [3.63, 3.8) is 0 Å². The molecule has 0 radical (unpaired) electrons. The molecule has 146 valence electrons. The summed E-state index contributed by atoms with van der Waals surface area (Å²) in [5.41, 5.74) is 3.14. The van der Waals surface area contributed by atoms with Gasteiger partial charge in [-0.05, 0) is 37.1 Å². The molecule has 1 aromatic carbocycles. The Kier molecular flexibility index (Phi) is 5.78. The molecule has 0 amide bonds. The van der Waals surface area contributed by atoms with Crippen LogP contribution in [-0.2, 0) is 6.42 Å². The van der Waals surface area contributed by atoms with Gasteiger partial charge in [0.15, 0.2) is 5.82 Å². The van der Waals surface area contributed by atoms with Crippen LogP contribution in [0.5, 0.6) is 5.75 Å². The molecule has 1 fully saturated rings. The molecule has 3 aromatic rings. The van der Waals surface area contributed by atoms with Crippen LogP contribution < -0.4 is 9.64 Å². The third kappa shape index (κ3) is 4.45. The van der Waals surface area contributed by atoms with Crippen molar-refractivity contribution in [1.82, 2.24) is 24.5 Å². The number of nitrogens with zero attached hydrogens (tertiary/aromatic N) is 6. The lowest BCUT2D eigenvalue weighted by molar-refractivity contribution is 0.261. The molecule has 0 unspecified atom stereocenters. The fraction of sp³-hybridized carbons (Fsp3) is 0.400. The quantitative estimate of drug-likeness (QED) is 0.634. The van der Waals surface area contributed by atoms with E-state index in [0.29, 0.717) is 0 Å². The Labute approximate surface area is 169 Å². The molecular weight excluding hydrogens is 372 g/mol. The van der Waals surface area contributed by atoms with Crippen LogP contribution in [0.15, 0.2) is 36.5 Å². The molecule has 0 aliphatic carbocycles. The molecule has 1 aliphatic rings. The molecule has 4 rings (SSSR count). The summed E-state index contributed by atoms with van der Waals surface area (Å²) in [6.07, 6.45) is 2.78. The van der Waals surface area contributed by atoms with E-state index in [9.17, 15) is 0 Å². The number of benzene rings is 1. The fourth-order valence-corrected chi connectivity index (χ4v) is 4.04. The van der Waals surface area contributed by atoms with E-state index in [0.717, 1.165) is 67.1 Å². The lowest BCUT2D eigenvalue weighted by Gasteiger charge is -2.34. The average Bonchev–Trinajstić information content (AvgIpc) is 3.23. The van der Waals surface area contributed by atoms with Crippen LogP contribution in [-0.4, -0.2) is 64.3 Å². The lowest BCUT2D eigenvalue weighted by Crippen LogP contribution is -2.47. The van der Waals surface area contributed by atoms with Gasteiger partial charge < -0.3 is 9.64 Å². The van der Waals surface area contributed by atoms with Crippen LogP contribution in [0.25, 0.3) is 11.4 Å². The molecule has 1 saturated heterocycles. The minimum absolute atomic E-state index is 0.736. The molecule has 1 aliphatic heterocycles. The number of ether oxygens (including phenoxy) is 1. The first-order valence-electron chi connectivity index (χ1n) is 9.45. The third-order valence-electron chi connectivity index (χ3n) is 4.97. The zero-order valence-corrected chi connectivity index (χ0v) is 17.0. The van der Waals surface area contributed by atoms with Crippen molar-refractivity contribution < 1.29 is 4.74 Å². The van der Waals surface area contributed by atoms with Gasteiger partial charge in [0.25, 0.3) is 0 Å². The second-order valence-electron chi connectivity index (χ2n) is 6.91. The normalized spacial score (nSPS) is 15.0. The largest absolute Gasteiger partial charge is 0.497 e. The second kappa shape index (κ2) is 8.62. The number of methoxy groups -OCH3 is 1. The molecule has 3 heterocycles. The monoisotopic (exact) mass is 396 g/mol. The molecule has 0 atom stereocenters. The summed E-state index contributed by atoms with van der Waals surface area (Å²) in [7, 11) is 1.70. The second-order valence-corrected chi connectivity index (χ2v) is 7.64. The Hall–Kier alpha value is -2.58. The molecule has 28 heavy (non-hydrogen) atoms. The Morgan fingerprint density at radius 1 is 1.11 bits per heavy atom. The van der Waals surface area contributed by atoms with E-state index >= 15 is 0 Å². The van der Waals surface area contributed by atoms with Crippen molar-refractivity contribution in [2.75, 3.05) is 44.7 Å². The molecule has 0 bridgehead atoms. The highest BCUT2D eigenvalue weighted by molar-refractivity contribution is 7.09. The van der Waals surface area contributed by atoms with Crippen LogP contribution in [0.1, 0.15) is 11.3 Å². The highest BCUT2D eigenvalue weighted by Gasteiger charge is 2.20. The summed E-state index contributed by atoms with van der Waals surface area (Å²) in [5.74, 6) is 1.64. The van der Waals surface area contributed by atoms with Crippen molar-refractivity contribution in [1.29, 1.82) is 0 Å². The Morgan fingerprint density at radius 2 is 1.89 bits per heavy atom. The van der Waals surface area contributed by atoms with Crippen molar-refractivity contribution in [3.8, 4) is 17.1 Å². The van der Waals surface area contributed by atoms with Crippen LogP contribution in [0, 0.1) is 6.92 Å². The summed E-state index contributed by atoms with van der Waals surface area (Å²) >= 11 is 1.46. The van der Waals surface area contributed by atoms with E-state index in [-0.39, 0.29) is 0 Å². The van der Waals surface area contributed by atoms with Crippen molar-refractivity contribution in [2.45, 2.75) is 13.3 Å². The van der Waals surface area contributed by atoms with E-state index in [1.807, 2.05) is 25.1 Å². The average molecular weight is 397 g/mol. The maximum atomic E-state index is 5.22. The predicted molar refractivity (Wildman–Crippen MR) is 111 cm³/mol. The van der Waals surface area contributed by atoms with Gasteiger partial charge in [0.1, 0.15) is 5.75 Å². The number of aromatic nitrogens is 4. The van der Waals surface area contributed by atoms with Gasteiger partial charge in [0.2, 0.25) is 5.13 Å². The maximum Gasteiger partial charge on any atom is 0.205 e. The molecule has 0 spiro atoms. The molecule has 0 saturated carbocycles. The topological polar surface area (TPSA) is 67.3 Å². The van der Waals surface area contributed by atoms with Crippen LogP contribution in [0.4, 0.5) is 5.13 Å². The molecule has 0 N–H and O–H groups in total. The highest BCUT2D eigenvalue weighted by Crippen LogP contribution is 2.24. The van der Waals surface area contributed by atoms with Crippen LogP contribution in [0.2, 0.25) is 0 Å². The molecule has 2 aromatic heterocycles. The van der Waals surface area contributed by atoms with Gasteiger partial charge in [0.05, 0.1) is 19.0 Å². The van der Waals surface area contributed by atoms with E-state index in [4.69, 9.17) is 9.72 Å². The molecule has 8 heteroatoms. The van der Waals surface area contributed by atoms with Gasteiger partial charge in [0, 0.05) is 49.8 Å². The van der Waals surface area contributed by atoms with Gasteiger partial charge in [-0.1, -0.05) is 12.1 Å². The number of aryl methyl sites for hydroxylation is 1. The Bertz CT molecular complexity index is 905. The smallest absolute Gasteiger partial charge is 0.205 e. The summed E-state index contributed by atoms with van der Waals surface area (Å²) in [4.78, 5) is 9.55. The van der Waals surface area contributed by atoms with Crippen molar-refractivity contribution in [3.05, 3.63) is 47.8 Å². The van der Waals surface area contributed by atoms with Gasteiger partial charge in [-0.2, -0.15) is 19.6 Å². The lowest BCUT2D eigenvalue weighted by atomic mass is 10.1. The van der Waals surface area contributed by atoms with Gasteiger partial charge in [-0.15, -0.1) is 0 Å². The number of hydrogen-bond donors (Lipinski definition) is 0. The minimum atomic E-state index is 0.736. The predicted octanol–water partition coefficient (Wildman–Crippen LogP) is 2.68. The summed E-state index contributed by atoms with van der Waals surface area (Å²) in [6.45, 7) is 7.04. The third-order valence-corrected chi connectivity index (χ3v) is 5.75. The van der Waals surface area contributed by atoms with E-state index in [1.165, 1.54) is 17.1 Å². The number of anilines is 1. The Balaban J connectivity index is 1.29. The minimum Gasteiger partial charge on any atom is -0.497 e.